The van der Waals surface area contributed by atoms with Crippen LogP contribution in [0.25, 0.3) is 0 Å². The average Bonchev–Trinajstić information content (AvgIpc) is 3.39. The van der Waals surface area contributed by atoms with Crippen LogP contribution in [0.5, 0.6) is 0 Å². The second kappa shape index (κ2) is 10.4. The number of carbonyl (C=O) groups is 2. The fourth-order valence-electron chi connectivity index (χ4n) is 3.55. The SMILES string of the molecule is CSc1nnc(CCCNC(=O)CNC(=O)c2ccc(F)cc2)n1C1CCCC1. The van der Waals surface area contributed by atoms with Crippen molar-refractivity contribution in [1.29, 1.82) is 0 Å². The first kappa shape index (κ1) is 21.3. The molecule has 1 saturated carbocycles. The quantitative estimate of drug-likeness (QED) is 0.482. The number of halogens is 1. The van der Waals surface area contributed by atoms with E-state index in [0.29, 0.717) is 18.2 Å². The number of benzene rings is 1. The smallest absolute Gasteiger partial charge is 0.251 e. The van der Waals surface area contributed by atoms with Crippen LogP contribution in [0, 0.1) is 5.82 Å². The Balaban J connectivity index is 1.40. The van der Waals surface area contributed by atoms with Crippen molar-refractivity contribution in [3.63, 3.8) is 0 Å². The molecule has 2 amide bonds. The summed E-state index contributed by atoms with van der Waals surface area (Å²) in [6.45, 7) is 0.377. The fraction of sp³-hybridized carbons (Fsp3) is 0.500. The number of hydrogen-bond acceptors (Lipinski definition) is 5. The summed E-state index contributed by atoms with van der Waals surface area (Å²) in [5, 5.41) is 14.9. The van der Waals surface area contributed by atoms with Gasteiger partial charge in [0, 0.05) is 24.6 Å². The zero-order valence-electron chi connectivity index (χ0n) is 16.5. The first-order chi connectivity index (χ1) is 14.1. The molecule has 3 rings (SSSR count). The van der Waals surface area contributed by atoms with E-state index in [9.17, 15) is 14.0 Å². The van der Waals surface area contributed by atoms with Gasteiger partial charge in [-0.2, -0.15) is 0 Å². The van der Waals surface area contributed by atoms with E-state index in [-0.39, 0.29) is 12.5 Å². The molecular weight excluding hydrogens is 393 g/mol. The van der Waals surface area contributed by atoms with Crippen molar-refractivity contribution < 1.29 is 14.0 Å². The van der Waals surface area contributed by atoms with Crippen LogP contribution in [-0.4, -0.2) is 45.9 Å². The molecule has 156 valence electrons. The molecule has 0 unspecified atom stereocenters. The van der Waals surface area contributed by atoms with Crippen molar-refractivity contribution in [2.24, 2.45) is 0 Å². The summed E-state index contributed by atoms with van der Waals surface area (Å²) < 4.78 is 15.2. The van der Waals surface area contributed by atoms with Crippen LogP contribution in [0.15, 0.2) is 29.4 Å². The van der Waals surface area contributed by atoms with E-state index in [1.165, 1.54) is 49.9 Å². The predicted molar refractivity (Wildman–Crippen MR) is 109 cm³/mol. The first-order valence-corrected chi connectivity index (χ1v) is 11.1. The Morgan fingerprint density at radius 3 is 2.59 bits per heavy atom. The molecule has 1 aromatic carbocycles. The highest BCUT2D eigenvalue weighted by molar-refractivity contribution is 7.98. The van der Waals surface area contributed by atoms with Gasteiger partial charge >= 0.3 is 0 Å². The maximum absolute atomic E-state index is 12.9. The van der Waals surface area contributed by atoms with E-state index in [0.717, 1.165) is 23.8 Å². The Hall–Kier alpha value is -2.42. The minimum absolute atomic E-state index is 0.120. The van der Waals surface area contributed by atoms with Gasteiger partial charge in [-0.05, 0) is 49.8 Å². The van der Waals surface area contributed by atoms with Gasteiger partial charge in [0.2, 0.25) is 5.91 Å². The lowest BCUT2D eigenvalue weighted by Gasteiger charge is -2.16. The fourth-order valence-corrected chi connectivity index (χ4v) is 4.12. The van der Waals surface area contributed by atoms with Crippen LogP contribution in [0.2, 0.25) is 0 Å². The summed E-state index contributed by atoms with van der Waals surface area (Å²) in [6.07, 6.45) is 8.33. The Morgan fingerprint density at radius 2 is 1.90 bits per heavy atom. The monoisotopic (exact) mass is 419 g/mol. The normalized spacial score (nSPS) is 14.1. The largest absolute Gasteiger partial charge is 0.355 e. The third-order valence-corrected chi connectivity index (χ3v) is 5.67. The predicted octanol–water partition coefficient (Wildman–Crippen LogP) is 2.73. The number of rotatable bonds is 9. The van der Waals surface area contributed by atoms with E-state index < -0.39 is 11.7 Å². The molecule has 0 atom stereocenters. The number of hydrogen-bond donors (Lipinski definition) is 2. The summed E-state index contributed by atoms with van der Waals surface area (Å²) in [4.78, 5) is 23.9. The number of nitrogens with zero attached hydrogens (tertiary/aromatic N) is 3. The molecular formula is C20H26FN5O2S. The molecule has 9 heteroatoms. The Kier molecular flexibility index (Phi) is 7.62. The summed E-state index contributed by atoms with van der Waals surface area (Å²) in [5.41, 5.74) is 0.315. The first-order valence-electron chi connectivity index (χ1n) is 9.86. The highest BCUT2D eigenvalue weighted by atomic mass is 32.2. The van der Waals surface area contributed by atoms with E-state index in [2.05, 4.69) is 25.4 Å². The van der Waals surface area contributed by atoms with E-state index in [4.69, 9.17) is 0 Å². The highest BCUT2D eigenvalue weighted by Gasteiger charge is 2.23. The molecule has 7 nitrogen and oxygen atoms in total. The lowest BCUT2D eigenvalue weighted by atomic mass is 10.2. The van der Waals surface area contributed by atoms with E-state index in [1.807, 2.05) is 6.26 Å². The van der Waals surface area contributed by atoms with Gasteiger partial charge in [-0.3, -0.25) is 9.59 Å². The van der Waals surface area contributed by atoms with Gasteiger partial charge in [-0.15, -0.1) is 10.2 Å². The van der Waals surface area contributed by atoms with Gasteiger partial charge in [0.05, 0.1) is 6.54 Å². The summed E-state index contributed by atoms with van der Waals surface area (Å²) in [6, 6.07) is 5.67. The molecule has 0 spiro atoms. The van der Waals surface area contributed by atoms with Gasteiger partial charge in [-0.25, -0.2) is 4.39 Å². The Bertz CT molecular complexity index is 834. The second-order valence-corrected chi connectivity index (χ2v) is 7.83. The molecule has 29 heavy (non-hydrogen) atoms. The number of amides is 2. The van der Waals surface area contributed by atoms with Crippen molar-refractivity contribution in [2.75, 3.05) is 19.3 Å². The molecule has 1 aromatic heterocycles. The van der Waals surface area contributed by atoms with Crippen molar-refractivity contribution in [1.82, 2.24) is 25.4 Å². The Morgan fingerprint density at radius 1 is 1.17 bits per heavy atom. The van der Waals surface area contributed by atoms with Gasteiger partial charge in [0.15, 0.2) is 5.16 Å². The maximum Gasteiger partial charge on any atom is 0.251 e. The molecule has 0 aliphatic heterocycles. The molecule has 1 aliphatic carbocycles. The number of aromatic nitrogens is 3. The standard InChI is InChI=1S/C20H26FN5O2S/c1-29-20-25-24-17(26(20)16-5-2-3-6-16)7-4-12-22-18(27)13-23-19(28)14-8-10-15(21)11-9-14/h8-11,16H,2-7,12-13H2,1H3,(H,22,27)(H,23,28). The lowest BCUT2D eigenvalue weighted by molar-refractivity contribution is -0.120. The van der Waals surface area contributed by atoms with Crippen molar-refractivity contribution in [3.05, 3.63) is 41.5 Å². The lowest BCUT2D eigenvalue weighted by Crippen LogP contribution is -2.37. The minimum Gasteiger partial charge on any atom is -0.355 e. The van der Waals surface area contributed by atoms with Crippen molar-refractivity contribution in [2.45, 2.75) is 49.7 Å². The van der Waals surface area contributed by atoms with E-state index >= 15 is 0 Å². The molecule has 0 saturated heterocycles. The molecule has 0 bridgehead atoms. The number of aryl methyl sites for hydroxylation is 1. The van der Waals surface area contributed by atoms with Gasteiger partial charge in [0.1, 0.15) is 11.6 Å². The van der Waals surface area contributed by atoms with Crippen LogP contribution < -0.4 is 10.6 Å². The summed E-state index contributed by atoms with van der Waals surface area (Å²) >= 11 is 1.61. The third-order valence-electron chi connectivity index (χ3n) is 5.02. The molecule has 1 aliphatic rings. The van der Waals surface area contributed by atoms with Gasteiger partial charge in [0.25, 0.3) is 5.91 Å². The zero-order chi connectivity index (χ0) is 20.6. The topological polar surface area (TPSA) is 88.9 Å². The number of carbonyl (C=O) groups excluding carboxylic acids is 2. The van der Waals surface area contributed by atoms with Crippen molar-refractivity contribution >= 4 is 23.6 Å². The van der Waals surface area contributed by atoms with Crippen LogP contribution in [0.4, 0.5) is 4.39 Å². The zero-order valence-corrected chi connectivity index (χ0v) is 17.3. The molecule has 0 radical (unpaired) electrons. The van der Waals surface area contributed by atoms with Crippen LogP contribution in [-0.2, 0) is 11.2 Å². The highest BCUT2D eigenvalue weighted by Crippen LogP contribution is 2.33. The summed E-state index contributed by atoms with van der Waals surface area (Å²) in [7, 11) is 0. The number of thioether (sulfide) groups is 1. The second-order valence-electron chi connectivity index (χ2n) is 7.05. The summed E-state index contributed by atoms with van der Waals surface area (Å²) in [5.74, 6) is -0.107. The molecule has 2 N–H and O–H groups in total. The third kappa shape index (κ3) is 5.79. The molecule has 2 aromatic rings. The van der Waals surface area contributed by atoms with Crippen LogP contribution in [0.3, 0.4) is 0 Å². The van der Waals surface area contributed by atoms with Crippen LogP contribution in [0.1, 0.15) is 54.3 Å². The van der Waals surface area contributed by atoms with Gasteiger partial charge in [-0.1, -0.05) is 24.6 Å². The van der Waals surface area contributed by atoms with Crippen molar-refractivity contribution in [3.8, 4) is 0 Å². The average molecular weight is 420 g/mol. The Labute approximate surface area is 173 Å². The van der Waals surface area contributed by atoms with Gasteiger partial charge < -0.3 is 15.2 Å². The molecule has 1 fully saturated rings. The minimum atomic E-state index is -0.410. The van der Waals surface area contributed by atoms with E-state index in [1.54, 1.807) is 11.8 Å². The molecule has 1 heterocycles. The number of nitrogens with one attached hydrogen (secondary N) is 2. The maximum atomic E-state index is 12.9. The van der Waals surface area contributed by atoms with Crippen LogP contribution >= 0.6 is 11.8 Å².